The first-order valence-corrected chi connectivity index (χ1v) is 6.72. The monoisotopic (exact) mass is 330 g/mol. The van der Waals surface area contributed by atoms with Crippen molar-refractivity contribution in [3.8, 4) is 0 Å². The molecule has 100 valence electrons. The van der Waals surface area contributed by atoms with E-state index in [4.69, 9.17) is 5.73 Å². The second kappa shape index (κ2) is 4.97. The van der Waals surface area contributed by atoms with E-state index in [9.17, 15) is 4.79 Å². The molecule has 0 atom stereocenters. The lowest BCUT2D eigenvalue weighted by Gasteiger charge is -2.03. The van der Waals surface area contributed by atoms with Crippen LogP contribution in [0.15, 0.2) is 47.2 Å². The van der Waals surface area contributed by atoms with E-state index in [1.165, 1.54) is 0 Å². The molecular formula is C14H11BrN4O. The molecule has 0 saturated heterocycles. The van der Waals surface area contributed by atoms with Crippen molar-refractivity contribution in [1.82, 2.24) is 9.97 Å². The highest BCUT2D eigenvalue weighted by Gasteiger charge is 2.12. The van der Waals surface area contributed by atoms with E-state index in [0.717, 1.165) is 15.4 Å². The smallest absolute Gasteiger partial charge is 0.258 e. The van der Waals surface area contributed by atoms with Crippen LogP contribution in [0.5, 0.6) is 0 Å². The van der Waals surface area contributed by atoms with Gasteiger partial charge in [-0.2, -0.15) is 0 Å². The Labute approximate surface area is 123 Å². The minimum atomic E-state index is -0.225. The van der Waals surface area contributed by atoms with E-state index in [1.807, 2.05) is 12.1 Å². The molecule has 0 unspecified atom stereocenters. The van der Waals surface area contributed by atoms with Crippen LogP contribution < -0.4 is 11.1 Å². The summed E-state index contributed by atoms with van der Waals surface area (Å²) in [6.45, 7) is 0. The van der Waals surface area contributed by atoms with Gasteiger partial charge in [-0.15, -0.1) is 0 Å². The van der Waals surface area contributed by atoms with Gasteiger partial charge in [0.1, 0.15) is 5.82 Å². The number of carbonyl (C=O) groups excluding carboxylic acids is 1. The summed E-state index contributed by atoms with van der Waals surface area (Å²) < 4.78 is 0.857. The minimum Gasteiger partial charge on any atom is -0.399 e. The Bertz CT molecular complexity index is 779. The van der Waals surface area contributed by atoms with E-state index in [-0.39, 0.29) is 5.91 Å². The van der Waals surface area contributed by atoms with Crippen molar-refractivity contribution in [2.24, 2.45) is 0 Å². The number of hydrogen-bond donors (Lipinski definition) is 3. The SMILES string of the molecule is Nc1ccc2[nH]cc(C(=O)Nc3ccc(Br)cn3)c2c1. The number of amides is 1. The Balaban J connectivity index is 1.92. The van der Waals surface area contributed by atoms with E-state index >= 15 is 0 Å². The molecule has 4 N–H and O–H groups in total. The van der Waals surface area contributed by atoms with Crippen molar-refractivity contribution in [2.45, 2.75) is 0 Å². The maximum atomic E-state index is 12.3. The van der Waals surface area contributed by atoms with Crippen molar-refractivity contribution in [2.75, 3.05) is 11.1 Å². The molecule has 0 aliphatic carbocycles. The van der Waals surface area contributed by atoms with Gasteiger partial charge in [0.05, 0.1) is 5.56 Å². The lowest BCUT2D eigenvalue weighted by Crippen LogP contribution is -2.12. The number of hydrogen-bond acceptors (Lipinski definition) is 3. The highest BCUT2D eigenvalue weighted by molar-refractivity contribution is 9.10. The van der Waals surface area contributed by atoms with Gasteiger partial charge in [0.25, 0.3) is 5.91 Å². The first-order valence-electron chi connectivity index (χ1n) is 5.93. The molecule has 20 heavy (non-hydrogen) atoms. The summed E-state index contributed by atoms with van der Waals surface area (Å²) in [4.78, 5) is 19.4. The number of rotatable bonds is 2. The summed E-state index contributed by atoms with van der Waals surface area (Å²) in [6.07, 6.45) is 3.29. The standard InChI is InChI=1S/C14H11BrN4O/c15-8-1-4-13(18-6-8)19-14(20)11-7-17-12-3-2-9(16)5-10(11)12/h1-7,17H,16H2,(H,18,19,20). The molecule has 0 spiro atoms. The van der Waals surface area contributed by atoms with Gasteiger partial charge in [-0.25, -0.2) is 4.98 Å². The molecule has 5 nitrogen and oxygen atoms in total. The van der Waals surface area contributed by atoms with Crippen LogP contribution in [-0.2, 0) is 0 Å². The molecule has 0 radical (unpaired) electrons. The van der Waals surface area contributed by atoms with Crippen LogP contribution in [0, 0.1) is 0 Å². The number of carbonyl (C=O) groups is 1. The van der Waals surface area contributed by atoms with Crippen molar-refractivity contribution in [3.63, 3.8) is 0 Å². The molecular weight excluding hydrogens is 320 g/mol. The summed E-state index contributed by atoms with van der Waals surface area (Å²) in [7, 11) is 0. The molecule has 3 aromatic rings. The summed E-state index contributed by atoms with van der Waals surface area (Å²) >= 11 is 3.30. The zero-order valence-electron chi connectivity index (χ0n) is 10.4. The number of H-pyrrole nitrogens is 1. The lowest BCUT2D eigenvalue weighted by molar-refractivity contribution is 0.102. The third-order valence-electron chi connectivity index (χ3n) is 2.92. The normalized spacial score (nSPS) is 10.7. The fraction of sp³-hybridized carbons (Fsp3) is 0. The summed E-state index contributed by atoms with van der Waals surface area (Å²) in [5, 5.41) is 3.54. The Morgan fingerprint density at radius 3 is 2.90 bits per heavy atom. The summed E-state index contributed by atoms with van der Waals surface area (Å²) in [5.41, 5.74) is 7.78. The van der Waals surface area contributed by atoms with Gasteiger partial charge < -0.3 is 16.0 Å². The third-order valence-corrected chi connectivity index (χ3v) is 3.39. The van der Waals surface area contributed by atoms with E-state index < -0.39 is 0 Å². The summed E-state index contributed by atoms with van der Waals surface area (Å²) in [5.74, 6) is 0.271. The zero-order chi connectivity index (χ0) is 14.1. The topological polar surface area (TPSA) is 83.8 Å². The molecule has 6 heteroatoms. The number of fused-ring (bicyclic) bond motifs is 1. The van der Waals surface area contributed by atoms with Crippen LogP contribution in [0.1, 0.15) is 10.4 Å². The highest BCUT2D eigenvalue weighted by atomic mass is 79.9. The molecule has 0 fully saturated rings. The fourth-order valence-corrected chi connectivity index (χ4v) is 2.19. The molecule has 0 saturated carbocycles. The molecule has 0 aliphatic rings. The maximum absolute atomic E-state index is 12.3. The number of pyridine rings is 1. The predicted molar refractivity (Wildman–Crippen MR) is 82.6 cm³/mol. The number of nitrogen functional groups attached to an aromatic ring is 1. The van der Waals surface area contributed by atoms with E-state index in [0.29, 0.717) is 17.1 Å². The Morgan fingerprint density at radius 1 is 1.30 bits per heavy atom. The molecule has 2 heterocycles. The largest absolute Gasteiger partial charge is 0.399 e. The van der Waals surface area contributed by atoms with Crippen LogP contribution >= 0.6 is 15.9 Å². The number of nitrogens with two attached hydrogens (primary N) is 1. The molecule has 0 bridgehead atoms. The first kappa shape index (κ1) is 12.7. The van der Waals surface area contributed by atoms with Gasteiger partial charge in [-0.1, -0.05) is 0 Å². The second-order valence-electron chi connectivity index (χ2n) is 4.32. The van der Waals surface area contributed by atoms with Crippen LogP contribution in [0.25, 0.3) is 10.9 Å². The van der Waals surface area contributed by atoms with E-state index in [2.05, 4.69) is 31.2 Å². The van der Waals surface area contributed by atoms with Gasteiger partial charge in [0.15, 0.2) is 0 Å². The molecule has 1 amide bonds. The van der Waals surface area contributed by atoms with Crippen LogP contribution in [0.4, 0.5) is 11.5 Å². The number of nitrogens with one attached hydrogen (secondary N) is 2. The Kier molecular flexibility index (Phi) is 3.15. The van der Waals surface area contributed by atoms with Gasteiger partial charge in [-0.3, -0.25) is 4.79 Å². The van der Waals surface area contributed by atoms with Crippen molar-refractivity contribution >= 4 is 44.2 Å². The number of anilines is 2. The third kappa shape index (κ3) is 2.37. The first-order chi connectivity index (χ1) is 9.63. The number of halogens is 1. The molecule has 1 aromatic carbocycles. The Morgan fingerprint density at radius 2 is 2.15 bits per heavy atom. The average molecular weight is 331 g/mol. The maximum Gasteiger partial charge on any atom is 0.258 e. The predicted octanol–water partition coefficient (Wildman–Crippen LogP) is 3.16. The minimum absolute atomic E-state index is 0.225. The number of aromatic nitrogens is 2. The van der Waals surface area contributed by atoms with Crippen LogP contribution in [0.2, 0.25) is 0 Å². The number of nitrogens with zero attached hydrogens (tertiary/aromatic N) is 1. The highest BCUT2D eigenvalue weighted by Crippen LogP contribution is 2.22. The second-order valence-corrected chi connectivity index (χ2v) is 5.24. The molecule has 0 aliphatic heterocycles. The zero-order valence-corrected chi connectivity index (χ0v) is 11.9. The fourth-order valence-electron chi connectivity index (χ4n) is 1.96. The summed E-state index contributed by atoms with van der Waals surface area (Å²) in [6, 6.07) is 8.95. The van der Waals surface area contributed by atoms with Gasteiger partial charge >= 0.3 is 0 Å². The lowest BCUT2D eigenvalue weighted by atomic mass is 10.1. The van der Waals surface area contributed by atoms with Crippen LogP contribution in [-0.4, -0.2) is 15.9 Å². The van der Waals surface area contributed by atoms with Gasteiger partial charge in [0, 0.05) is 33.5 Å². The quantitative estimate of drug-likeness (QED) is 0.631. The van der Waals surface area contributed by atoms with Crippen molar-refractivity contribution in [3.05, 3.63) is 52.8 Å². The van der Waals surface area contributed by atoms with Gasteiger partial charge in [-0.05, 0) is 46.3 Å². The van der Waals surface area contributed by atoms with Crippen LogP contribution in [0.3, 0.4) is 0 Å². The van der Waals surface area contributed by atoms with Crippen molar-refractivity contribution in [1.29, 1.82) is 0 Å². The number of benzene rings is 1. The average Bonchev–Trinajstić information content (AvgIpc) is 2.84. The van der Waals surface area contributed by atoms with Crippen molar-refractivity contribution < 1.29 is 4.79 Å². The molecule has 2 aromatic heterocycles. The van der Waals surface area contributed by atoms with Gasteiger partial charge in [0.2, 0.25) is 0 Å². The van der Waals surface area contributed by atoms with E-state index in [1.54, 1.807) is 30.6 Å². The molecule has 3 rings (SSSR count). The Hall–Kier alpha value is -2.34. The number of aromatic amines is 1.